The molecule has 0 radical (unpaired) electrons. The van der Waals surface area contributed by atoms with E-state index >= 15 is 0 Å². The smallest absolute Gasteiger partial charge is 0.279 e. The van der Waals surface area contributed by atoms with Crippen LogP contribution in [0.2, 0.25) is 0 Å². The molecule has 10 nitrogen and oxygen atoms in total. The van der Waals surface area contributed by atoms with E-state index in [4.69, 9.17) is 4.74 Å². The quantitative estimate of drug-likeness (QED) is 0.253. The Labute approximate surface area is 254 Å². The minimum Gasteiger partial charge on any atom is -0.497 e. The highest BCUT2D eigenvalue weighted by molar-refractivity contribution is 6.07. The largest absolute Gasteiger partial charge is 0.497 e. The zero-order chi connectivity index (χ0) is 31.0. The van der Waals surface area contributed by atoms with Gasteiger partial charge in [0.05, 0.1) is 48.6 Å². The number of anilines is 1. The highest BCUT2D eigenvalue weighted by Gasteiger charge is 2.52. The number of nitrogens with zero attached hydrogens (tertiary/aromatic N) is 3. The molecule has 44 heavy (non-hydrogen) atoms. The molecule has 1 aromatic heterocycles. The summed E-state index contributed by atoms with van der Waals surface area (Å²) in [6, 6.07) is 19.7. The first kappa shape index (κ1) is 29.4. The molecule has 0 bridgehead atoms. The average Bonchev–Trinajstić information content (AvgIpc) is 3.72. The van der Waals surface area contributed by atoms with Crippen molar-refractivity contribution in [3.8, 4) is 11.4 Å². The lowest BCUT2D eigenvalue weighted by atomic mass is 9.83. The van der Waals surface area contributed by atoms with Gasteiger partial charge in [0.1, 0.15) is 5.75 Å². The van der Waals surface area contributed by atoms with Gasteiger partial charge in [-0.2, -0.15) is 0 Å². The summed E-state index contributed by atoms with van der Waals surface area (Å²) in [5, 5.41) is 25.4. The van der Waals surface area contributed by atoms with E-state index < -0.39 is 17.4 Å². The summed E-state index contributed by atoms with van der Waals surface area (Å²) < 4.78 is 6.91. The Morgan fingerprint density at radius 3 is 2.73 bits per heavy atom. The van der Waals surface area contributed by atoms with E-state index in [0.29, 0.717) is 34.6 Å². The number of aliphatic hydroxyl groups is 2. The number of benzene rings is 3. The molecule has 1 saturated heterocycles. The second kappa shape index (κ2) is 11.8. The number of likely N-dealkylation sites (tertiary alicyclic amines) is 1. The number of amides is 2. The van der Waals surface area contributed by atoms with Gasteiger partial charge in [0, 0.05) is 24.4 Å². The molecule has 0 saturated carbocycles. The Kier molecular flexibility index (Phi) is 7.87. The maximum atomic E-state index is 14.1. The van der Waals surface area contributed by atoms with Gasteiger partial charge in [-0.15, -0.1) is 0 Å². The second-order valence-electron chi connectivity index (χ2n) is 11.5. The van der Waals surface area contributed by atoms with Gasteiger partial charge in [-0.25, -0.2) is 4.68 Å². The first-order valence-electron chi connectivity index (χ1n) is 14.8. The predicted molar refractivity (Wildman–Crippen MR) is 167 cm³/mol. The van der Waals surface area contributed by atoms with Crippen LogP contribution < -0.4 is 15.2 Å². The Bertz CT molecular complexity index is 1810. The molecule has 1 fully saturated rings. The van der Waals surface area contributed by atoms with Gasteiger partial charge in [0.15, 0.2) is 5.60 Å². The number of para-hydroxylation sites is 1. The minimum absolute atomic E-state index is 0.0596. The number of carbonyl (C=O) groups is 2. The van der Waals surface area contributed by atoms with E-state index in [1.807, 2.05) is 42.5 Å². The standard InChI is InChI=1S/C34H36N4O6/c1-22(8-5-14-31(40)36-17-7-11-25(36)21-39)34(43)28-19-26(44-2)15-16-30(28)37(33(34)42)20-23-9-6-10-24(18-23)38-32(41)27-12-3-4-13-29(27)35-38/h3-6,8-10,12-13,15-16,18-19,22,25,35,39,43H,7,11,14,17,20-21H2,1-2H3/b8-5+/t22-,25+,34+/m1/s1. The summed E-state index contributed by atoms with van der Waals surface area (Å²) in [6.45, 7) is 2.47. The lowest BCUT2D eigenvalue weighted by Gasteiger charge is -2.28. The highest BCUT2D eigenvalue weighted by Crippen LogP contribution is 2.47. The second-order valence-corrected chi connectivity index (χ2v) is 11.5. The van der Waals surface area contributed by atoms with Gasteiger partial charge >= 0.3 is 0 Å². The van der Waals surface area contributed by atoms with E-state index in [2.05, 4.69) is 5.10 Å². The number of aromatic amines is 1. The van der Waals surface area contributed by atoms with Crippen molar-refractivity contribution in [2.24, 2.45) is 5.92 Å². The molecule has 2 aliphatic heterocycles. The molecule has 2 amide bonds. The predicted octanol–water partition coefficient (Wildman–Crippen LogP) is 3.63. The van der Waals surface area contributed by atoms with E-state index in [1.54, 1.807) is 53.1 Å². The fourth-order valence-corrected chi connectivity index (χ4v) is 6.41. The molecule has 228 valence electrons. The van der Waals surface area contributed by atoms with Crippen LogP contribution in [0.25, 0.3) is 16.6 Å². The van der Waals surface area contributed by atoms with Crippen LogP contribution in [0.4, 0.5) is 5.69 Å². The average molecular weight is 597 g/mol. The molecule has 3 aromatic carbocycles. The maximum absolute atomic E-state index is 14.1. The molecular formula is C34H36N4O6. The fraction of sp³-hybridized carbons (Fsp3) is 0.324. The van der Waals surface area contributed by atoms with Crippen molar-refractivity contribution in [3.05, 3.63) is 100 Å². The number of H-pyrrole nitrogens is 1. The SMILES string of the molecule is COc1ccc2c(c1)[C@@](O)([C@H](C)/C=C/CC(=O)N1CCC[C@H]1CO)C(=O)N2Cc1cccc(-n2[nH]c3ccccc3c2=O)c1. The summed E-state index contributed by atoms with van der Waals surface area (Å²) in [4.78, 5) is 43.2. The number of ether oxygens (including phenoxy) is 1. The third-order valence-electron chi connectivity index (χ3n) is 8.86. The van der Waals surface area contributed by atoms with E-state index in [1.165, 1.54) is 11.8 Å². The lowest BCUT2D eigenvalue weighted by molar-refractivity contribution is -0.139. The number of methoxy groups -OCH3 is 1. The molecule has 3 N–H and O–H groups in total. The van der Waals surface area contributed by atoms with Crippen LogP contribution in [0.1, 0.15) is 37.3 Å². The minimum atomic E-state index is -1.89. The van der Waals surface area contributed by atoms with Crippen molar-refractivity contribution < 1.29 is 24.5 Å². The molecule has 0 spiro atoms. The Morgan fingerprint density at radius 1 is 1.14 bits per heavy atom. The number of aromatic nitrogens is 2. The van der Waals surface area contributed by atoms with Crippen molar-refractivity contribution in [3.63, 3.8) is 0 Å². The van der Waals surface area contributed by atoms with E-state index in [-0.39, 0.29) is 37.1 Å². The Morgan fingerprint density at radius 2 is 1.95 bits per heavy atom. The van der Waals surface area contributed by atoms with Crippen LogP contribution >= 0.6 is 0 Å². The molecule has 10 heteroatoms. The van der Waals surface area contributed by atoms with Crippen molar-refractivity contribution in [1.29, 1.82) is 0 Å². The summed E-state index contributed by atoms with van der Waals surface area (Å²) in [5.41, 5.74) is 1.05. The van der Waals surface area contributed by atoms with Crippen molar-refractivity contribution in [2.75, 3.05) is 25.2 Å². The summed E-state index contributed by atoms with van der Waals surface area (Å²) in [5.74, 6) is -0.737. The zero-order valence-corrected chi connectivity index (χ0v) is 24.8. The Balaban J connectivity index is 1.27. The van der Waals surface area contributed by atoms with E-state index in [0.717, 1.165) is 23.9 Å². The van der Waals surface area contributed by atoms with Crippen molar-refractivity contribution >= 4 is 28.4 Å². The number of nitrogens with one attached hydrogen (secondary N) is 1. The third-order valence-corrected chi connectivity index (χ3v) is 8.86. The van der Waals surface area contributed by atoms with Gasteiger partial charge < -0.3 is 24.7 Å². The molecule has 2 aliphatic rings. The van der Waals surface area contributed by atoms with Crippen LogP contribution in [0.15, 0.2) is 83.7 Å². The first-order chi connectivity index (χ1) is 21.3. The lowest BCUT2D eigenvalue weighted by Crippen LogP contribution is -2.44. The number of carbonyl (C=O) groups excluding carboxylic acids is 2. The van der Waals surface area contributed by atoms with Crippen LogP contribution in [-0.2, 0) is 21.7 Å². The highest BCUT2D eigenvalue weighted by atomic mass is 16.5. The van der Waals surface area contributed by atoms with Crippen molar-refractivity contribution in [2.45, 2.75) is 44.4 Å². The normalized spacial score (nSPS) is 20.5. The number of aliphatic hydroxyl groups excluding tert-OH is 1. The summed E-state index contributed by atoms with van der Waals surface area (Å²) in [6.07, 6.45) is 5.15. The van der Waals surface area contributed by atoms with Crippen LogP contribution in [0, 0.1) is 5.92 Å². The summed E-state index contributed by atoms with van der Waals surface area (Å²) in [7, 11) is 1.53. The molecule has 3 heterocycles. The van der Waals surface area contributed by atoms with Gasteiger partial charge in [0.2, 0.25) is 5.91 Å². The molecule has 0 aliphatic carbocycles. The fourth-order valence-electron chi connectivity index (χ4n) is 6.41. The zero-order valence-electron chi connectivity index (χ0n) is 24.8. The number of fused-ring (bicyclic) bond motifs is 2. The molecule has 3 atom stereocenters. The maximum Gasteiger partial charge on any atom is 0.279 e. The number of hydrogen-bond donors (Lipinski definition) is 3. The van der Waals surface area contributed by atoms with Crippen LogP contribution in [0.5, 0.6) is 5.75 Å². The van der Waals surface area contributed by atoms with Gasteiger partial charge in [-0.05, 0) is 60.9 Å². The van der Waals surface area contributed by atoms with Crippen LogP contribution in [-0.4, -0.2) is 63.0 Å². The molecular weight excluding hydrogens is 560 g/mol. The first-order valence-corrected chi connectivity index (χ1v) is 14.8. The summed E-state index contributed by atoms with van der Waals surface area (Å²) >= 11 is 0. The molecule has 0 unspecified atom stereocenters. The van der Waals surface area contributed by atoms with Crippen LogP contribution in [0.3, 0.4) is 0 Å². The Hall–Kier alpha value is -4.67. The third kappa shape index (κ3) is 4.99. The number of hydrogen-bond acceptors (Lipinski definition) is 6. The number of rotatable bonds is 9. The van der Waals surface area contributed by atoms with Gasteiger partial charge in [-0.1, -0.05) is 43.3 Å². The topological polar surface area (TPSA) is 128 Å². The monoisotopic (exact) mass is 596 g/mol. The molecule has 4 aromatic rings. The molecule has 6 rings (SSSR count). The van der Waals surface area contributed by atoms with Crippen molar-refractivity contribution in [1.82, 2.24) is 14.7 Å². The van der Waals surface area contributed by atoms with Gasteiger partial charge in [-0.3, -0.25) is 19.5 Å². The van der Waals surface area contributed by atoms with Gasteiger partial charge in [0.25, 0.3) is 11.5 Å². The van der Waals surface area contributed by atoms with E-state index in [9.17, 15) is 24.6 Å².